The molecule has 0 radical (unpaired) electrons. The van der Waals surface area contributed by atoms with Crippen molar-refractivity contribution in [1.82, 2.24) is 4.90 Å². The van der Waals surface area contributed by atoms with E-state index in [2.05, 4.69) is 43.9 Å². The van der Waals surface area contributed by atoms with Crippen LogP contribution < -0.4 is 0 Å². The molecule has 2 rings (SSSR count). The van der Waals surface area contributed by atoms with Crippen LogP contribution in [0, 0.1) is 6.92 Å². The lowest BCUT2D eigenvalue weighted by atomic mass is 9.95. The van der Waals surface area contributed by atoms with Gasteiger partial charge in [-0.05, 0) is 43.9 Å². The van der Waals surface area contributed by atoms with Gasteiger partial charge in [-0.25, -0.2) is 0 Å². The highest BCUT2D eigenvalue weighted by atomic mass is 15.1. The SMILES string of the molecule is CC.Cc1cccc2c1CN(C(C)C)CC2. The van der Waals surface area contributed by atoms with Gasteiger partial charge in [0, 0.05) is 19.1 Å². The average molecular weight is 219 g/mol. The summed E-state index contributed by atoms with van der Waals surface area (Å²) in [6.07, 6.45) is 1.22. The second kappa shape index (κ2) is 6.05. The lowest BCUT2D eigenvalue weighted by Gasteiger charge is -2.32. The summed E-state index contributed by atoms with van der Waals surface area (Å²) in [5.41, 5.74) is 4.57. The number of fused-ring (bicyclic) bond motifs is 1. The molecule has 0 unspecified atom stereocenters. The van der Waals surface area contributed by atoms with Crippen LogP contribution in [0.5, 0.6) is 0 Å². The second-order valence-electron chi connectivity index (χ2n) is 4.53. The lowest BCUT2D eigenvalue weighted by molar-refractivity contribution is 0.203. The highest BCUT2D eigenvalue weighted by Gasteiger charge is 2.18. The molecule has 0 fully saturated rings. The topological polar surface area (TPSA) is 3.24 Å². The van der Waals surface area contributed by atoms with Crippen molar-refractivity contribution in [2.45, 2.75) is 53.6 Å². The summed E-state index contributed by atoms with van der Waals surface area (Å²) < 4.78 is 0. The molecule has 1 aliphatic heterocycles. The summed E-state index contributed by atoms with van der Waals surface area (Å²) in [5, 5.41) is 0. The molecule has 90 valence electrons. The minimum absolute atomic E-state index is 0.669. The van der Waals surface area contributed by atoms with E-state index >= 15 is 0 Å². The van der Waals surface area contributed by atoms with E-state index in [1.807, 2.05) is 13.8 Å². The normalized spacial score (nSPS) is 15.4. The van der Waals surface area contributed by atoms with Gasteiger partial charge in [-0.15, -0.1) is 0 Å². The molecule has 0 N–H and O–H groups in total. The zero-order chi connectivity index (χ0) is 12.1. The number of hydrogen-bond acceptors (Lipinski definition) is 1. The van der Waals surface area contributed by atoms with Crippen LogP contribution in [-0.4, -0.2) is 17.5 Å². The fourth-order valence-corrected chi connectivity index (χ4v) is 2.21. The summed E-state index contributed by atoms with van der Waals surface area (Å²) in [4.78, 5) is 2.55. The van der Waals surface area contributed by atoms with Crippen molar-refractivity contribution >= 4 is 0 Å². The van der Waals surface area contributed by atoms with Crippen LogP contribution in [0.2, 0.25) is 0 Å². The Kier molecular flexibility index (Phi) is 5.01. The molecule has 16 heavy (non-hydrogen) atoms. The van der Waals surface area contributed by atoms with E-state index in [1.54, 1.807) is 11.1 Å². The van der Waals surface area contributed by atoms with Gasteiger partial charge in [0.15, 0.2) is 0 Å². The predicted molar refractivity (Wildman–Crippen MR) is 71.8 cm³/mol. The standard InChI is InChI=1S/C13H19N.C2H6/c1-10(2)14-8-7-12-6-4-5-11(3)13(12)9-14;1-2/h4-6,10H,7-9H2,1-3H3;1-2H3. The molecule has 0 spiro atoms. The minimum atomic E-state index is 0.669. The molecule has 1 heterocycles. The first kappa shape index (κ1) is 13.2. The van der Waals surface area contributed by atoms with Crippen LogP contribution in [0.15, 0.2) is 18.2 Å². The first-order valence-corrected chi connectivity index (χ1v) is 6.50. The fourth-order valence-electron chi connectivity index (χ4n) is 2.21. The molecule has 0 amide bonds. The Morgan fingerprint density at radius 1 is 1.19 bits per heavy atom. The predicted octanol–water partition coefficient (Wildman–Crippen LogP) is 3.79. The maximum atomic E-state index is 2.55. The largest absolute Gasteiger partial charge is 0.296 e. The monoisotopic (exact) mass is 219 g/mol. The third-order valence-corrected chi connectivity index (χ3v) is 3.27. The number of nitrogens with zero attached hydrogens (tertiary/aromatic N) is 1. The molecule has 1 nitrogen and oxygen atoms in total. The van der Waals surface area contributed by atoms with Crippen LogP contribution in [0.1, 0.15) is 44.4 Å². The van der Waals surface area contributed by atoms with Crippen molar-refractivity contribution in [3.05, 3.63) is 34.9 Å². The summed E-state index contributed by atoms with van der Waals surface area (Å²) in [7, 11) is 0. The Morgan fingerprint density at radius 2 is 1.88 bits per heavy atom. The van der Waals surface area contributed by atoms with Gasteiger partial charge in [-0.2, -0.15) is 0 Å². The minimum Gasteiger partial charge on any atom is -0.296 e. The van der Waals surface area contributed by atoms with Crippen molar-refractivity contribution < 1.29 is 0 Å². The van der Waals surface area contributed by atoms with E-state index < -0.39 is 0 Å². The Morgan fingerprint density at radius 3 is 2.50 bits per heavy atom. The smallest absolute Gasteiger partial charge is 0.0241 e. The molecule has 0 bridgehead atoms. The highest BCUT2D eigenvalue weighted by Crippen LogP contribution is 2.23. The first-order chi connectivity index (χ1) is 7.68. The van der Waals surface area contributed by atoms with Crippen LogP contribution in [0.3, 0.4) is 0 Å². The van der Waals surface area contributed by atoms with E-state index in [0.717, 1.165) is 6.54 Å². The van der Waals surface area contributed by atoms with Crippen molar-refractivity contribution in [2.75, 3.05) is 6.54 Å². The van der Waals surface area contributed by atoms with Crippen molar-refractivity contribution in [2.24, 2.45) is 0 Å². The van der Waals surface area contributed by atoms with E-state index in [9.17, 15) is 0 Å². The Labute approximate surface area is 100 Å². The van der Waals surface area contributed by atoms with Gasteiger partial charge in [0.25, 0.3) is 0 Å². The van der Waals surface area contributed by atoms with Crippen molar-refractivity contribution in [1.29, 1.82) is 0 Å². The highest BCUT2D eigenvalue weighted by molar-refractivity contribution is 5.36. The fraction of sp³-hybridized carbons (Fsp3) is 0.600. The molecular weight excluding hydrogens is 194 g/mol. The van der Waals surface area contributed by atoms with E-state index in [1.165, 1.54) is 18.5 Å². The van der Waals surface area contributed by atoms with E-state index in [4.69, 9.17) is 0 Å². The maximum absolute atomic E-state index is 2.55. The van der Waals surface area contributed by atoms with Crippen molar-refractivity contribution in [3.63, 3.8) is 0 Å². The van der Waals surface area contributed by atoms with Crippen LogP contribution in [-0.2, 0) is 13.0 Å². The van der Waals surface area contributed by atoms with Crippen LogP contribution >= 0.6 is 0 Å². The third kappa shape index (κ3) is 2.85. The zero-order valence-corrected chi connectivity index (χ0v) is 11.4. The van der Waals surface area contributed by atoms with Gasteiger partial charge in [0.2, 0.25) is 0 Å². The summed E-state index contributed by atoms with van der Waals surface area (Å²) in [6.45, 7) is 13.1. The first-order valence-electron chi connectivity index (χ1n) is 6.50. The Bertz CT molecular complexity index is 328. The summed E-state index contributed by atoms with van der Waals surface area (Å²) in [5.74, 6) is 0. The second-order valence-corrected chi connectivity index (χ2v) is 4.53. The van der Waals surface area contributed by atoms with Gasteiger partial charge in [0.05, 0.1) is 0 Å². The average Bonchev–Trinajstić information content (AvgIpc) is 2.32. The van der Waals surface area contributed by atoms with Gasteiger partial charge in [-0.1, -0.05) is 32.0 Å². The molecule has 0 atom stereocenters. The lowest BCUT2D eigenvalue weighted by Crippen LogP contribution is -2.36. The summed E-state index contributed by atoms with van der Waals surface area (Å²) in [6, 6.07) is 7.35. The number of hydrogen-bond donors (Lipinski definition) is 0. The molecule has 1 aromatic carbocycles. The maximum Gasteiger partial charge on any atom is 0.0241 e. The molecule has 1 heteroatoms. The van der Waals surface area contributed by atoms with Crippen LogP contribution in [0.4, 0.5) is 0 Å². The third-order valence-electron chi connectivity index (χ3n) is 3.27. The molecule has 1 aliphatic rings. The van der Waals surface area contributed by atoms with Crippen LogP contribution in [0.25, 0.3) is 0 Å². The molecular formula is C15H25N. The van der Waals surface area contributed by atoms with E-state index in [0.29, 0.717) is 6.04 Å². The Balaban J connectivity index is 0.000000606. The van der Waals surface area contributed by atoms with Gasteiger partial charge in [0.1, 0.15) is 0 Å². The quantitative estimate of drug-likeness (QED) is 0.694. The molecule has 0 aromatic heterocycles. The molecule has 0 aliphatic carbocycles. The Hall–Kier alpha value is -0.820. The van der Waals surface area contributed by atoms with Gasteiger partial charge >= 0.3 is 0 Å². The molecule has 1 aromatic rings. The van der Waals surface area contributed by atoms with E-state index in [-0.39, 0.29) is 0 Å². The molecule has 0 saturated carbocycles. The van der Waals surface area contributed by atoms with Gasteiger partial charge in [-0.3, -0.25) is 4.90 Å². The number of rotatable bonds is 1. The summed E-state index contributed by atoms with van der Waals surface area (Å²) >= 11 is 0. The number of aryl methyl sites for hydroxylation is 1. The molecule has 0 saturated heterocycles. The number of benzene rings is 1. The van der Waals surface area contributed by atoms with Gasteiger partial charge < -0.3 is 0 Å². The van der Waals surface area contributed by atoms with Crippen molar-refractivity contribution in [3.8, 4) is 0 Å². The zero-order valence-electron chi connectivity index (χ0n) is 11.4.